The number of hydrogen-bond donors (Lipinski definition) is 0. The molecule has 2 aromatic rings. The number of hydrogen-bond acceptors (Lipinski definition) is 5. The summed E-state index contributed by atoms with van der Waals surface area (Å²) in [6, 6.07) is 12.4. The number of benzene rings is 2. The number of amides is 1. The average molecular weight is 428 g/mol. The highest BCUT2D eigenvalue weighted by molar-refractivity contribution is 7.90. The number of anilines is 1. The van der Waals surface area contributed by atoms with Gasteiger partial charge in [0.05, 0.1) is 12.8 Å². The lowest BCUT2D eigenvalue weighted by Gasteiger charge is -2.30. The van der Waals surface area contributed by atoms with Crippen LogP contribution in [0.5, 0.6) is 5.75 Å². The van der Waals surface area contributed by atoms with Gasteiger partial charge in [0.2, 0.25) is 0 Å². The number of sulfonamides is 1. The van der Waals surface area contributed by atoms with Gasteiger partial charge in [-0.3, -0.25) is 4.79 Å². The van der Waals surface area contributed by atoms with Crippen molar-refractivity contribution in [3.63, 3.8) is 0 Å². The van der Waals surface area contributed by atoms with E-state index < -0.39 is 10.0 Å². The predicted octanol–water partition coefficient (Wildman–Crippen LogP) is 3.45. The summed E-state index contributed by atoms with van der Waals surface area (Å²) in [5.41, 5.74) is 1.91. The summed E-state index contributed by atoms with van der Waals surface area (Å²) in [7, 11) is -0.511. The monoisotopic (exact) mass is 427 g/mol. The van der Waals surface area contributed by atoms with Crippen LogP contribution in [0.25, 0.3) is 0 Å². The number of carbonyl (C=O) groups excluding carboxylic acids is 1. The summed E-state index contributed by atoms with van der Waals surface area (Å²) in [4.78, 5) is 16.6. The largest absolute Gasteiger partial charge is 0.497 e. The van der Waals surface area contributed by atoms with E-state index in [2.05, 4.69) is 4.40 Å². The molecule has 0 N–H and O–H groups in total. The molecule has 8 heteroatoms. The quantitative estimate of drug-likeness (QED) is 0.747. The fraction of sp³-hybridized carbons (Fsp3) is 0.364. The van der Waals surface area contributed by atoms with Gasteiger partial charge in [0.25, 0.3) is 15.9 Å². The lowest BCUT2D eigenvalue weighted by Crippen LogP contribution is -2.35. The molecule has 0 bridgehead atoms. The summed E-state index contributed by atoms with van der Waals surface area (Å²) in [5, 5.41) is 0. The first-order chi connectivity index (χ1) is 14.4. The fourth-order valence-electron chi connectivity index (χ4n) is 3.91. The van der Waals surface area contributed by atoms with E-state index in [1.165, 1.54) is 6.07 Å². The minimum absolute atomic E-state index is 0.108. The topological polar surface area (TPSA) is 79.3 Å². The van der Waals surface area contributed by atoms with Gasteiger partial charge in [0.1, 0.15) is 16.5 Å². The molecule has 2 aliphatic heterocycles. The molecule has 0 unspecified atom stereocenters. The first-order valence-corrected chi connectivity index (χ1v) is 11.5. The molecule has 2 aliphatic rings. The number of rotatable bonds is 4. The van der Waals surface area contributed by atoms with Gasteiger partial charge in [-0.2, -0.15) is 8.42 Å². The van der Waals surface area contributed by atoms with Crippen LogP contribution in [0.4, 0.5) is 5.69 Å². The minimum atomic E-state index is -3.82. The van der Waals surface area contributed by atoms with Crippen molar-refractivity contribution < 1.29 is 17.9 Å². The Balaban J connectivity index is 1.60. The molecule has 0 radical (unpaired) electrons. The molecule has 0 aliphatic carbocycles. The smallest absolute Gasteiger partial charge is 0.286 e. The van der Waals surface area contributed by atoms with Crippen LogP contribution in [0, 0.1) is 0 Å². The van der Waals surface area contributed by atoms with E-state index in [1.54, 1.807) is 31.2 Å². The number of nitrogens with zero attached hydrogens (tertiary/aromatic N) is 3. The minimum Gasteiger partial charge on any atom is -0.497 e. The molecule has 7 nitrogen and oxygen atoms in total. The second kappa shape index (κ2) is 8.10. The van der Waals surface area contributed by atoms with E-state index in [9.17, 15) is 13.2 Å². The van der Waals surface area contributed by atoms with E-state index in [0.29, 0.717) is 30.1 Å². The van der Waals surface area contributed by atoms with Crippen LogP contribution < -0.4 is 9.64 Å². The third kappa shape index (κ3) is 3.92. The van der Waals surface area contributed by atoms with Crippen LogP contribution in [-0.2, 0) is 16.6 Å². The number of amidine groups is 1. The Morgan fingerprint density at radius 2 is 1.90 bits per heavy atom. The number of carbonyl (C=O) groups is 1. The van der Waals surface area contributed by atoms with Gasteiger partial charge in [0, 0.05) is 32.1 Å². The fourth-order valence-corrected chi connectivity index (χ4v) is 5.19. The molecule has 30 heavy (non-hydrogen) atoms. The Morgan fingerprint density at radius 3 is 2.63 bits per heavy atom. The van der Waals surface area contributed by atoms with Gasteiger partial charge < -0.3 is 14.5 Å². The number of methoxy groups -OCH3 is 1. The molecule has 0 spiro atoms. The van der Waals surface area contributed by atoms with Gasteiger partial charge in [-0.15, -0.1) is 4.40 Å². The van der Waals surface area contributed by atoms with Crippen LogP contribution >= 0.6 is 0 Å². The molecule has 0 aromatic heterocycles. The Hall–Kier alpha value is -2.87. The summed E-state index contributed by atoms with van der Waals surface area (Å²) in [6.45, 7) is 1.15. The Kier molecular flexibility index (Phi) is 5.51. The Morgan fingerprint density at radius 1 is 1.13 bits per heavy atom. The molecule has 1 amide bonds. The maximum atomic E-state index is 13.0. The zero-order chi connectivity index (χ0) is 21.3. The van der Waals surface area contributed by atoms with Crippen LogP contribution in [0.1, 0.15) is 41.6 Å². The summed E-state index contributed by atoms with van der Waals surface area (Å²) in [6.07, 6.45) is 3.64. The van der Waals surface area contributed by atoms with Gasteiger partial charge in [-0.1, -0.05) is 18.6 Å². The molecule has 1 fully saturated rings. The molecule has 0 saturated carbocycles. The third-order valence-electron chi connectivity index (χ3n) is 5.52. The van der Waals surface area contributed by atoms with E-state index in [0.717, 1.165) is 37.1 Å². The predicted molar refractivity (Wildman–Crippen MR) is 116 cm³/mol. The molecule has 2 aromatic carbocycles. The molecule has 2 heterocycles. The van der Waals surface area contributed by atoms with E-state index in [1.807, 2.05) is 29.2 Å². The molecule has 158 valence electrons. The molecular weight excluding hydrogens is 402 g/mol. The lowest BCUT2D eigenvalue weighted by atomic mass is 10.1. The highest BCUT2D eigenvalue weighted by Crippen LogP contribution is 2.35. The van der Waals surface area contributed by atoms with Crippen molar-refractivity contribution in [3.05, 3.63) is 53.6 Å². The molecule has 0 atom stereocenters. The van der Waals surface area contributed by atoms with Crippen molar-refractivity contribution in [3.8, 4) is 5.75 Å². The van der Waals surface area contributed by atoms with Crippen LogP contribution in [0.2, 0.25) is 0 Å². The zero-order valence-electron chi connectivity index (χ0n) is 17.2. The highest BCUT2D eigenvalue weighted by atomic mass is 32.2. The van der Waals surface area contributed by atoms with Gasteiger partial charge in [0.15, 0.2) is 0 Å². The van der Waals surface area contributed by atoms with E-state index in [4.69, 9.17) is 4.74 Å². The summed E-state index contributed by atoms with van der Waals surface area (Å²) < 4.78 is 34.8. The SMILES string of the molecule is COc1ccc(CN(C)C(=O)c2ccc3c(c2)S(=O)(=O)N=C2CCCCCN23)cc1. The molecule has 4 rings (SSSR count). The van der Waals surface area contributed by atoms with Crippen molar-refractivity contribution in [1.29, 1.82) is 0 Å². The molecular formula is C22H25N3O4S. The normalized spacial score (nSPS) is 17.3. The average Bonchev–Trinajstić information content (AvgIpc) is 2.98. The van der Waals surface area contributed by atoms with Crippen molar-refractivity contribution >= 4 is 27.5 Å². The molecule has 1 saturated heterocycles. The van der Waals surface area contributed by atoms with E-state index >= 15 is 0 Å². The maximum absolute atomic E-state index is 13.0. The van der Waals surface area contributed by atoms with Gasteiger partial charge >= 0.3 is 0 Å². The standard InChI is InChI=1S/C22H25N3O4S/c1-24(15-16-7-10-18(29-2)11-8-16)22(26)17-9-12-19-20(14-17)30(27,28)23-21-6-4-3-5-13-25(19)21/h7-12,14H,3-6,13,15H2,1-2H3. The number of fused-ring (bicyclic) bond motifs is 3. The van der Waals surface area contributed by atoms with Crippen molar-refractivity contribution in [2.75, 3.05) is 25.6 Å². The van der Waals surface area contributed by atoms with Crippen molar-refractivity contribution in [2.45, 2.75) is 37.1 Å². The van der Waals surface area contributed by atoms with Crippen LogP contribution in [-0.4, -0.2) is 45.8 Å². The Labute approximate surface area is 177 Å². The first-order valence-electron chi connectivity index (χ1n) is 10.0. The second-order valence-electron chi connectivity index (χ2n) is 7.64. The lowest BCUT2D eigenvalue weighted by molar-refractivity contribution is 0.0785. The Bertz CT molecular complexity index is 1090. The second-order valence-corrected chi connectivity index (χ2v) is 9.21. The number of ether oxygens (including phenoxy) is 1. The van der Waals surface area contributed by atoms with Crippen molar-refractivity contribution in [1.82, 2.24) is 4.90 Å². The summed E-state index contributed by atoms with van der Waals surface area (Å²) >= 11 is 0. The van der Waals surface area contributed by atoms with Crippen LogP contribution in [0.3, 0.4) is 0 Å². The maximum Gasteiger partial charge on any atom is 0.286 e. The van der Waals surface area contributed by atoms with Gasteiger partial charge in [-0.25, -0.2) is 0 Å². The van der Waals surface area contributed by atoms with Gasteiger partial charge in [-0.05, 0) is 48.7 Å². The first kappa shape index (κ1) is 20.4. The van der Waals surface area contributed by atoms with Crippen LogP contribution in [0.15, 0.2) is 51.8 Å². The highest BCUT2D eigenvalue weighted by Gasteiger charge is 2.32. The summed E-state index contributed by atoms with van der Waals surface area (Å²) in [5.74, 6) is 1.12. The third-order valence-corrected chi connectivity index (χ3v) is 6.85. The van der Waals surface area contributed by atoms with Crippen molar-refractivity contribution in [2.24, 2.45) is 4.40 Å². The van der Waals surface area contributed by atoms with E-state index in [-0.39, 0.29) is 10.8 Å². The zero-order valence-corrected chi connectivity index (χ0v) is 18.0.